The lowest BCUT2D eigenvalue weighted by atomic mass is 10.1. The minimum atomic E-state index is -0.578. The maximum absolute atomic E-state index is 12.0. The average molecular weight is 249 g/mol. The molecule has 1 saturated carbocycles. The van der Waals surface area contributed by atoms with Crippen LogP contribution in [0.5, 0.6) is 0 Å². The van der Waals surface area contributed by atoms with Crippen molar-refractivity contribution in [2.45, 2.75) is 26.3 Å². The van der Waals surface area contributed by atoms with Gasteiger partial charge in [-0.25, -0.2) is 0 Å². The summed E-state index contributed by atoms with van der Waals surface area (Å²) < 4.78 is 0. The van der Waals surface area contributed by atoms with Gasteiger partial charge in [0.1, 0.15) is 0 Å². The fourth-order valence-corrected chi connectivity index (χ4v) is 2.03. The van der Waals surface area contributed by atoms with Crippen molar-refractivity contribution in [2.75, 3.05) is 0 Å². The van der Waals surface area contributed by atoms with Crippen LogP contribution in [0.4, 0.5) is 0 Å². The number of aromatic nitrogens is 1. The summed E-state index contributed by atoms with van der Waals surface area (Å²) in [7, 11) is 0. The summed E-state index contributed by atoms with van der Waals surface area (Å²) in [5.74, 6) is -0.0618. The molecule has 0 aromatic carbocycles. The van der Waals surface area contributed by atoms with Crippen molar-refractivity contribution < 1.29 is 4.79 Å². The minimum Gasteiger partial charge on any atom is -0.392 e. The van der Waals surface area contributed by atoms with E-state index in [1.165, 1.54) is 0 Å². The highest BCUT2D eigenvalue weighted by molar-refractivity contribution is 7.80. The monoisotopic (exact) mass is 249 g/mol. The average Bonchev–Trinajstić information content (AvgIpc) is 3.08. The maximum Gasteiger partial charge on any atom is 0.233 e. The van der Waals surface area contributed by atoms with Crippen LogP contribution in [0.3, 0.4) is 0 Å². The Morgan fingerprint density at radius 3 is 2.88 bits per heavy atom. The highest BCUT2D eigenvalue weighted by Gasteiger charge is 2.52. The van der Waals surface area contributed by atoms with Gasteiger partial charge in [0.25, 0.3) is 0 Å². The van der Waals surface area contributed by atoms with E-state index in [1.807, 2.05) is 13.0 Å². The number of aryl methyl sites for hydroxylation is 1. The van der Waals surface area contributed by atoms with E-state index >= 15 is 0 Å². The SMILES string of the molecule is Cc1ccncc1CNC(=O)C1(C(N)=S)CC1. The first-order chi connectivity index (χ1) is 8.06. The lowest BCUT2D eigenvalue weighted by molar-refractivity contribution is -0.124. The molecule has 1 amide bonds. The Morgan fingerprint density at radius 2 is 2.35 bits per heavy atom. The van der Waals surface area contributed by atoms with Crippen molar-refractivity contribution >= 4 is 23.1 Å². The zero-order valence-corrected chi connectivity index (χ0v) is 10.5. The summed E-state index contributed by atoms with van der Waals surface area (Å²) in [4.78, 5) is 16.3. The van der Waals surface area contributed by atoms with Crippen LogP contribution in [0.2, 0.25) is 0 Å². The van der Waals surface area contributed by atoms with E-state index in [9.17, 15) is 4.79 Å². The zero-order valence-electron chi connectivity index (χ0n) is 9.69. The molecule has 90 valence electrons. The summed E-state index contributed by atoms with van der Waals surface area (Å²) in [6, 6.07) is 1.92. The first-order valence-electron chi connectivity index (χ1n) is 5.54. The quantitative estimate of drug-likeness (QED) is 0.783. The van der Waals surface area contributed by atoms with E-state index < -0.39 is 5.41 Å². The fraction of sp³-hybridized carbons (Fsp3) is 0.417. The molecule has 0 aliphatic heterocycles. The molecule has 5 heteroatoms. The number of rotatable bonds is 4. The van der Waals surface area contributed by atoms with Gasteiger partial charge >= 0.3 is 0 Å². The van der Waals surface area contributed by atoms with Crippen LogP contribution < -0.4 is 11.1 Å². The lowest BCUT2D eigenvalue weighted by Crippen LogP contribution is -2.39. The summed E-state index contributed by atoms with van der Waals surface area (Å²) in [5.41, 5.74) is 7.14. The van der Waals surface area contributed by atoms with Crippen molar-refractivity contribution in [3.63, 3.8) is 0 Å². The molecule has 0 spiro atoms. The predicted octanol–water partition coefficient (Wildman–Crippen LogP) is 1.07. The number of pyridine rings is 1. The first kappa shape index (κ1) is 12.0. The van der Waals surface area contributed by atoms with Crippen molar-refractivity contribution in [3.8, 4) is 0 Å². The largest absolute Gasteiger partial charge is 0.392 e. The van der Waals surface area contributed by atoms with Crippen LogP contribution in [0.15, 0.2) is 18.5 Å². The van der Waals surface area contributed by atoms with E-state index in [0.29, 0.717) is 11.5 Å². The van der Waals surface area contributed by atoms with E-state index in [0.717, 1.165) is 24.0 Å². The van der Waals surface area contributed by atoms with Crippen LogP contribution in [-0.4, -0.2) is 15.9 Å². The molecule has 1 fully saturated rings. The van der Waals surface area contributed by atoms with Gasteiger partial charge in [-0.3, -0.25) is 9.78 Å². The van der Waals surface area contributed by atoms with Gasteiger partial charge in [-0.05, 0) is 37.0 Å². The number of amides is 1. The molecule has 0 saturated heterocycles. The molecule has 0 bridgehead atoms. The molecule has 17 heavy (non-hydrogen) atoms. The van der Waals surface area contributed by atoms with Gasteiger partial charge in [0.05, 0.1) is 10.4 Å². The maximum atomic E-state index is 12.0. The Hall–Kier alpha value is -1.49. The Labute approximate surface area is 106 Å². The van der Waals surface area contributed by atoms with Crippen molar-refractivity contribution in [3.05, 3.63) is 29.6 Å². The van der Waals surface area contributed by atoms with E-state index in [2.05, 4.69) is 10.3 Å². The molecular formula is C12H15N3OS. The summed E-state index contributed by atoms with van der Waals surface area (Å²) in [5, 5.41) is 2.88. The number of carbonyl (C=O) groups is 1. The Morgan fingerprint density at radius 1 is 1.65 bits per heavy atom. The lowest BCUT2D eigenvalue weighted by Gasteiger charge is -2.14. The third-order valence-electron chi connectivity index (χ3n) is 3.24. The number of hydrogen-bond acceptors (Lipinski definition) is 3. The van der Waals surface area contributed by atoms with Crippen LogP contribution in [-0.2, 0) is 11.3 Å². The number of nitrogens with zero attached hydrogens (tertiary/aromatic N) is 1. The van der Waals surface area contributed by atoms with Crippen LogP contribution in [0.25, 0.3) is 0 Å². The fourth-order valence-electron chi connectivity index (χ4n) is 1.74. The highest BCUT2D eigenvalue weighted by Crippen LogP contribution is 2.46. The van der Waals surface area contributed by atoms with Gasteiger partial charge in [-0.2, -0.15) is 0 Å². The van der Waals surface area contributed by atoms with Gasteiger partial charge in [0.2, 0.25) is 5.91 Å². The number of hydrogen-bond donors (Lipinski definition) is 2. The number of nitrogens with two attached hydrogens (primary N) is 1. The standard InChI is InChI=1S/C12H15N3OS/c1-8-2-5-14-6-9(8)7-15-11(16)12(3-4-12)10(13)17/h2,5-6H,3-4,7H2,1H3,(H2,13,17)(H,15,16). The third kappa shape index (κ3) is 2.29. The van der Waals surface area contributed by atoms with Gasteiger partial charge in [-0.1, -0.05) is 12.2 Å². The highest BCUT2D eigenvalue weighted by atomic mass is 32.1. The molecule has 1 aliphatic carbocycles. The molecule has 4 nitrogen and oxygen atoms in total. The molecule has 0 radical (unpaired) electrons. The number of nitrogens with one attached hydrogen (secondary N) is 1. The van der Waals surface area contributed by atoms with Gasteiger partial charge in [0, 0.05) is 18.9 Å². The molecule has 1 aromatic heterocycles. The van der Waals surface area contributed by atoms with E-state index in [1.54, 1.807) is 12.4 Å². The summed E-state index contributed by atoms with van der Waals surface area (Å²) in [6.45, 7) is 2.46. The Balaban J connectivity index is 1.98. The van der Waals surface area contributed by atoms with Crippen molar-refractivity contribution in [1.29, 1.82) is 0 Å². The van der Waals surface area contributed by atoms with Crippen molar-refractivity contribution in [1.82, 2.24) is 10.3 Å². The van der Waals surface area contributed by atoms with Gasteiger partial charge in [-0.15, -0.1) is 0 Å². The summed E-state index contributed by atoms with van der Waals surface area (Å²) in [6.07, 6.45) is 5.02. The molecule has 2 rings (SSSR count). The van der Waals surface area contributed by atoms with Gasteiger partial charge in [0.15, 0.2) is 0 Å². The molecule has 1 aliphatic rings. The topological polar surface area (TPSA) is 68.0 Å². The zero-order chi connectivity index (χ0) is 12.5. The van der Waals surface area contributed by atoms with E-state index in [4.69, 9.17) is 18.0 Å². The molecule has 1 aromatic rings. The molecule has 3 N–H and O–H groups in total. The van der Waals surface area contributed by atoms with Crippen molar-refractivity contribution in [2.24, 2.45) is 11.1 Å². The molecule has 0 atom stereocenters. The van der Waals surface area contributed by atoms with Crippen LogP contribution in [0, 0.1) is 12.3 Å². The second-order valence-corrected chi connectivity index (χ2v) is 4.87. The van der Waals surface area contributed by atoms with E-state index in [-0.39, 0.29) is 5.91 Å². The molecule has 0 unspecified atom stereocenters. The Bertz CT molecular complexity index is 469. The number of thiocarbonyl (C=S) groups is 1. The van der Waals surface area contributed by atoms with Crippen LogP contribution in [0.1, 0.15) is 24.0 Å². The Kier molecular flexibility index (Phi) is 3.11. The minimum absolute atomic E-state index is 0.0618. The smallest absolute Gasteiger partial charge is 0.233 e. The van der Waals surface area contributed by atoms with Gasteiger partial charge < -0.3 is 11.1 Å². The number of carbonyl (C=O) groups excluding carboxylic acids is 1. The summed E-state index contributed by atoms with van der Waals surface area (Å²) >= 11 is 4.93. The second kappa shape index (κ2) is 4.41. The first-order valence-corrected chi connectivity index (χ1v) is 5.95. The predicted molar refractivity (Wildman–Crippen MR) is 69.3 cm³/mol. The third-order valence-corrected chi connectivity index (χ3v) is 3.63. The second-order valence-electron chi connectivity index (χ2n) is 4.43. The molecule has 1 heterocycles. The molecular weight excluding hydrogens is 234 g/mol. The normalized spacial score (nSPS) is 16.3. The van der Waals surface area contributed by atoms with Crippen LogP contribution >= 0.6 is 12.2 Å².